The maximum Gasteiger partial charge on any atom is 0.165 e. The lowest BCUT2D eigenvalue weighted by Gasteiger charge is -2.42. The van der Waals surface area contributed by atoms with Crippen LogP contribution >= 0.6 is 0 Å². The van der Waals surface area contributed by atoms with Gasteiger partial charge in [0.05, 0.1) is 25.4 Å². The summed E-state index contributed by atoms with van der Waals surface area (Å²) in [5.41, 5.74) is 1.09. The highest BCUT2D eigenvalue weighted by Gasteiger charge is 2.41. The molecule has 1 aliphatic heterocycles. The number of nitrogens with zero attached hydrogens (tertiary/aromatic N) is 2. The Hall–Kier alpha value is -2.05. The molecular weight excluding hydrogens is 294 g/mol. The molecule has 1 aliphatic carbocycles. The number of ether oxygens (including phenoxy) is 2. The Bertz CT molecular complexity index is 659. The van der Waals surface area contributed by atoms with Crippen LogP contribution in [0.2, 0.25) is 0 Å². The van der Waals surface area contributed by atoms with Gasteiger partial charge in [-0.1, -0.05) is 12.1 Å². The van der Waals surface area contributed by atoms with Crippen molar-refractivity contribution >= 4 is 0 Å². The first-order valence-corrected chi connectivity index (χ1v) is 8.11. The quantitative estimate of drug-likeness (QED) is 0.895. The Balaban J connectivity index is 1.45. The van der Waals surface area contributed by atoms with Crippen molar-refractivity contribution in [1.29, 1.82) is 0 Å². The summed E-state index contributed by atoms with van der Waals surface area (Å²) in [5.74, 6) is 1.66. The predicted octanol–water partition coefficient (Wildman–Crippen LogP) is 1.51. The van der Waals surface area contributed by atoms with Crippen LogP contribution in [0.5, 0.6) is 11.5 Å². The average Bonchev–Trinajstić information content (AvgIpc) is 2.93. The van der Waals surface area contributed by atoms with Gasteiger partial charge in [0, 0.05) is 37.0 Å². The number of aromatic nitrogens is 2. The van der Waals surface area contributed by atoms with Gasteiger partial charge in [0.15, 0.2) is 11.5 Å². The topological polar surface area (TPSA) is 68.5 Å². The maximum atomic E-state index is 10.0. The molecule has 1 fully saturated rings. The third kappa shape index (κ3) is 2.80. The Morgan fingerprint density at radius 1 is 1.26 bits per heavy atom. The summed E-state index contributed by atoms with van der Waals surface area (Å²) in [7, 11) is 0. The van der Waals surface area contributed by atoms with Crippen molar-refractivity contribution in [3.8, 4) is 11.5 Å². The van der Waals surface area contributed by atoms with E-state index in [0.29, 0.717) is 19.8 Å². The van der Waals surface area contributed by atoms with E-state index < -0.39 is 0 Å². The maximum absolute atomic E-state index is 10.0. The molecule has 4 rings (SSSR count). The minimum absolute atomic E-state index is 0.00974. The van der Waals surface area contributed by atoms with E-state index in [4.69, 9.17) is 9.47 Å². The molecule has 2 aromatic rings. The van der Waals surface area contributed by atoms with Crippen molar-refractivity contribution < 1.29 is 14.6 Å². The van der Waals surface area contributed by atoms with E-state index in [1.807, 2.05) is 29.1 Å². The number of aliphatic hydroxyl groups excluding tert-OH is 1. The number of hydrogen-bond acceptors (Lipinski definition) is 5. The average molecular weight is 315 g/mol. The molecule has 1 aromatic carbocycles. The van der Waals surface area contributed by atoms with Crippen molar-refractivity contribution in [3.63, 3.8) is 0 Å². The van der Waals surface area contributed by atoms with Gasteiger partial charge in [0.25, 0.3) is 0 Å². The summed E-state index contributed by atoms with van der Waals surface area (Å²) in [4.78, 5) is 0. The fraction of sp³-hybridized carbons (Fsp3) is 0.471. The smallest absolute Gasteiger partial charge is 0.165 e. The van der Waals surface area contributed by atoms with Crippen molar-refractivity contribution in [2.24, 2.45) is 0 Å². The molecule has 2 N–H and O–H groups in total. The monoisotopic (exact) mass is 315 g/mol. The zero-order valence-electron chi connectivity index (χ0n) is 12.9. The van der Waals surface area contributed by atoms with E-state index in [1.165, 1.54) is 0 Å². The van der Waals surface area contributed by atoms with Gasteiger partial charge in [0.2, 0.25) is 0 Å². The number of rotatable bonds is 4. The lowest BCUT2D eigenvalue weighted by Crippen LogP contribution is -2.54. The molecule has 1 saturated carbocycles. The molecule has 122 valence electrons. The van der Waals surface area contributed by atoms with Gasteiger partial charge < -0.3 is 19.9 Å². The van der Waals surface area contributed by atoms with Crippen LogP contribution in [0.25, 0.3) is 0 Å². The fourth-order valence-electron chi connectivity index (χ4n) is 3.27. The fourth-order valence-corrected chi connectivity index (χ4v) is 3.27. The Labute approximate surface area is 135 Å². The second-order valence-electron chi connectivity index (χ2n) is 6.06. The van der Waals surface area contributed by atoms with Gasteiger partial charge in [-0.25, -0.2) is 0 Å². The van der Waals surface area contributed by atoms with Crippen LogP contribution in [0.4, 0.5) is 0 Å². The molecule has 1 aromatic heterocycles. The summed E-state index contributed by atoms with van der Waals surface area (Å²) < 4.78 is 13.4. The van der Waals surface area contributed by atoms with E-state index >= 15 is 0 Å². The molecule has 2 heterocycles. The normalized spacial score (nSPS) is 26.4. The van der Waals surface area contributed by atoms with E-state index in [2.05, 4.69) is 16.5 Å². The zero-order valence-corrected chi connectivity index (χ0v) is 12.9. The number of para-hydroxylation sites is 1. The first-order valence-electron chi connectivity index (χ1n) is 8.11. The highest BCUT2D eigenvalue weighted by atomic mass is 16.5. The van der Waals surface area contributed by atoms with Crippen LogP contribution in [0.1, 0.15) is 24.4 Å². The molecule has 0 spiro atoms. The van der Waals surface area contributed by atoms with Crippen LogP contribution in [0.3, 0.4) is 0 Å². The van der Waals surface area contributed by atoms with Crippen molar-refractivity contribution in [2.45, 2.75) is 37.6 Å². The number of benzene rings is 1. The highest BCUT2D eigenvalue weighted by Crippen LogP contribution is 2.35. The number of hydrogen-bond donors (Lipinski definition) is 2. The molecule has 2 aliphatic rings. The lowest BCUT2D eigenvalue weighted by molar-refractivity contribution is -0.00827. The van der Waals surface area contributed by atoms with Crippen molar-refractivity contribution in [3.05, 3.63) is 42.2 Å². The van der Waals surface area contributed by atoms with Gasteiger partial charge in [-0.15, -0.1) is 0 Å². The summed E-state index contributed by atoms with van der Waals surface area (Å²) in [5, 5.41) is 17.8. The van der Waals surface area contributed by atoms with Gasteiger partial charge in [-0.2, -0.15) is 5.10 Å². The summed E-state index contributed by atoms with van der Waals surface area (Å²) in [6, 6.07) is 8.06. The molecule has 0 bridgehead atoms. The SMILES string of the molecule is O[C@@H]1C[C@H](NCc2cccc3c2OCCCO3)[C@H]1n1cccn1. The highest BCUT2D eigenvalue weighted by molar-refractivity contribution is 5.47. The Morgan fingerprint density at radius 3 is 3.00 bits per heavy atom. The van der Waals surface area contributed by atoms with E-state index in [1.54, 1.807) is 6.20 Å². The molecule has 0 radical (unpaired) electrons. The second-order valence-corrected chi connectivity index (χ2v) is 6.06. The van der Waals surface area contributed by atoms with Crippen LogP contribution in [-0.4, -0.2) is 40.2 Å². The first kappa shape index (κ1) is 14.5. The third-order valence-electron chi connectivity index (χ3n) is 4.54. The minimum Gasteiger partial charge on any atom is -0.490 e. The van der Waals surface area contributed by atoms with Crippen molar-refractivity contribution in [1.82, 2.24) is 15.1 Å². The van der Waals surface area contributed by atoms with Gasteiger partial charge in [0.1, 0.15) is 0 Å². The molecular formula is C17H21N3O3. The van der Waals surface area contributed by atoms with Gasteiger partial charge in [-0.3, -0.25) is 4.68 Å². The summed E-state index contributed by atoms with van der Waals surface area (Å²) in [6.07, 6.45) is 4.92. The number of fused-ring (bicyclic) bond motifs is 1. The standard InChI is InChI=1S/C17H21N3O3/c21-14-10-13(16(14)20-7-2-6-19-20)18-11-12-4-1-5-15-17(12)23-9-3-8-22-15/h1-2,4-7,13-14,16,18,21H,3,8-11H2/t13-,14+,16+/m0/s1. The molecule has 23 heavy (non-hydrogen) atoms. The number of aliphatic hydroxyl groups is 1. The van der Waals surface area contributed by atoms with E-state index in [0.717, 1.165) is 29.9 Å². The molecule has 3 atom stereocenters. The van der Waals surface area contributed by atoms with Crippen molar-refractivity contribution in [2.75, 3.05) is 13.2 Å². The Morgan fingerprint density at radius 2 is 2.17 bits per heavy atom. The van der Waals surface area contributed by atoms with Gasteiger partial charge >= 0.3 is 0 Å². The first-order chi connectivity index (χ1) is 11.3. The number of nitrogens with one attached hydrogen (secondary N) is 1. The van der Waals surface area contributed by atoms with E-state index in [-0.39, 0.29) is 18.2 Å². The molecule has 6 heteroatoms. The predicted molar refractivity (Wildman–Crippen MR) is 84.6 cm³/mol. The van der Waals surface area contributed by atoms with Crippen LogP contribution < -0.4 is 14.8 Å². The van der Waals surface area contributed by atoms with Crippen LogP contribution in [-0.2, 0) is 6.54 Å². The molecule has 6 nitrogen and oxygen atoms in total. The summed E-state index contributed by atoms with van der Waals surface area (Å²) in [6.45, 7) is 2.06. The van der Waals surface area contributed by atoms with E-state index in [9.17, 15) is 5.11 Å². The molecule has 0 amide bonds. The minimum atomic E-state index is -0.347. The lowest BCUT2D eigenvalue weighted by atomic mass is 9.83. The zero-order chi connectivity index (χ0) is 15.6. The summed E-state index contributed by atoms with van der Waals surface area (Å²) >= 11 is 0. The molecule has 0 saturated heterocycles. The second kappa shape index (κ2) is 6.22. The van der Waals surface area contributed by atoms with Gasteiger partial charge in [-0.05, 0) is 18.6 Å². The molecule has 0 unspecified atom stereocenters. The largest absolute Gasteiger partial charge is 0.490 e. The third-order valence-corrected chi connectivity index (χ3v) is 4.54. The van der Waals surface area contributed by atoms with Crippen LogP contribution in [0, 0.1) is 0 Å². The Kier molecular flexibility index (Phi) is 3.93. The van der Waals surface area contributed by atoms with Crippen LogP contribution in [0.15, 0.2) is 36.7 Å².